The maximum Gasteiger partial charge on any atom is 0.364 e. The van der Waals surface area contributed by atoms with Crippen molar-refractivity contribution in [3.8, 4) is 0 Å². The van der Waals surface area contributed by atoms with E-state index in [4.69, 9.17) is 0 Å². The number of hydrogen-bond donors (Lipinski definition) is 3. The van der Waals surface area contributed by atoms with Crippen molar-refractivity contribution in [3.63, 3.8) is 0 Å². The monoisotopic (exact) mass is 276 g/mol. The molecule has 1 aliphatic rings. The first-order valence-electron chi connectivity index (χ1n) is 6.70. The summed E-state index contributed by atoms with van der Waals surface area (Å²) in [6.45, 7) is 0.628. The summed E-state index contributed by atoms with van der Waals surface area (Å²) in [4.78, 5) is 22.8. The van der Waals surface area contributed by atoms with Gasteiger partial charge in [0.2, 0.25) is 5.91 Å². The Morgan fingerprint density at radius 1 is 1.45 bits per heavy atom. The zero-order valence-corrected chi connectivity index (χ0v) is 10.9. The molecule has 0 saturated heterocycles. The Morgan fingerprint density at radius 3 is 3.10 bits per heavy atom. The van der Waals surface area contributed by atoms with Crippen LogP contribution >= 0.6 is 0 Å². The lowest BCUT2D eigenvalue weighted by molar-refractivity contribution is -0.121. The Hall–Kier alpha value is -2.38. The van der Waals surface area contributed by atoms with Crippen molar-refractivity contribution in [2.45, 2.75) is 31.7 Å². The van der Waals surface area contributed by atoms with Crippen LogP contribution in [0.2, 0.25) is 0 Å². The van der Waals surface area contributed by atoms with Crippen LogP contribution in [0.4, 0.5) is 5.82 Å². The minimum absolute atomic E-state index is 0.101. The summed E-state index contributed by atoms with van der Waals surface area (Å²) < 4.78 is 1.20. The van der Waals surface area contributed by atoms with E-state index in [1.54, 1.807) is 12.1 Å². The third-order valence-corrected chi connectivity index (χ3v) is 3.10. The van der Waals surface area contributed by atoms with Crippen LogP contribution in [0.15, 0.2) is 16.9 Å². The van der Waals surface area contributed by atoms with Gasteiger partial charge in [0.25, 0.3) is 0 Å². The van der Waals surface area contributed by atoms with E-state index in [-0.39, 0.29) is 11.6 Å². The normalized spacial score (nSPS) is 14.4. The summed E-state index contributed by atoms with van der Waals surface area (Å²) in [5.41, 5.74) is 0.108. The average molecular weight is 276 g/mol. The van der Waals surface area contributed by atoms with Crippen molar-refractivity contribution in [1.82, 2.24) is 25.1 Å². The van der Waals surface area contributed by atoms with E-state index in [0.29, 0.717) is 30.5 Å². The van der Waals surface area contributed by atoms with Gasteiger partial charge in [0.1, 0.15) is 5.82 Å². The lowest BCUT2D eigenvalue weighted by atomic mass is 10.3. The van der Waals surface area contributed by atoms with E-state index in [0.717, 1.165) is 19.3 Å². The van der Waals surface area contributed by atoms with Crippen LogP contribution in [0.3, 0.4) is 0 Å². The Kier molecular flexibility index (Phi) is 3.36. The molecule has 8 heteroatoms. The second-order valence-electron chi connectivity index (χ2n) is 4.89. The second-order valence-corrected chi connectivity index (χ2v) is 4.89. The first kappa shape index (κ1) is 12.6. The number of hydrogen-bond acceptors (Lipinski definition) is 5. The predicted octanol–water partition coefficient (Wildman–Crippen LogP) is -0.112. The smallest absolute Gasteiger partial charge is 0.364 e. The highest BCUT2D eigenvalue weighted by Gasteiger charge is 2.22. The van der Waals surface area contributed by atoms with Gasteiger partial charge in [0, 0.05) is 19.0 Å². The lowest BCUT2D eigenvalue weighted by Crippen LogP contribution is -2.25. The van der Waals surface area contributed by atoms with E-state index in [9.17, 15) is 9.59 Å². The highest BCUT2D eigenvalue weighted by atomic mass is 16.2. The summed E-state index contributed by atoms with van der Waals surface area (Å²) in [6.07, 6.45) is 3.43. The standard InChI is InChI=1S/C12H16N6O2/c19-11(14-8-3-4-8)2-1-7-13-9-5-6-10-15-16-12(20)18(10)17-9/h5-6,8H,1-4,7H2,(H,13,17)(H,14,19)(H,16,20). The second kappa shape index (κ2) is 5.32. The van der Waals surface area contributed by atoms with Gasteiger partial charge in [-0.25, -0.2) is 9.89 Å². The average Bonchev–Trinajstić information content (AvgIpc) is 3.18. The van der Waals surface area contributed by atoms with Gasteiger partial charge in [-0.2, -0.15) is 9.61 Å². The van der Waals surface area contributed by atoms with Gasteiger partial charge in [-0.3, -0.25) is 4.79 Å². The van der Waals surface area contributed by atoms with Crippen molar-refractivity contribution in [3.05, 3.63) is 22.6 Å². The molecule has 0 aromatic carbocycles. The number of aromatic nitrogens is 4. The van der Waals surface area contributed by atoms with Crippen molar-refractivity contribution in [2.75, 3.05) is 11.9 Å². The van der Waals surface area contributed by atoms with Gasteiger partial charge < -0.3 is 10.6 Å². The van der Waals surface area contributed by atoms with Gasteiger partial charge in [0.15, 0.2) is 5.65 Å². The molecular formula is C12H16N6O2. The molecule has 0 bridgehead atoms. The number of aromatic amines is 1. The Labute approximate surface area is 114 Å². The summed E-state index contributed by atoms with van der Waals surface area (Å²) in [6, 6.07) is 3.86. The van der Waals surface area contributed by atoms with Crippen LogP contribution < -0.4 is 16.3 Å². The van der Waals surface area contributed by atoms with Crippen LogP contribution in [0.25, 0.3) is 5.65 Å². The molecule has 0 aliphatic heterocycles. The zero-order valence-electron chi connectivity index (χ0n) is 10.9. The van der Waals surface area contributed by atoms with Crippen molar-refractivity contribution >= 4 is 17.4 Å². The van der Waals surface area contributed by atoms with Gasteiger partial charge in [-0.1, -0.05) is 0 Å². The molecule has 2 aromatic rings. The van der Waals surface area contributed by atoms with Crippen LogP contribution in [-0.4, -0.2) is 38.3 Å². The maximum atomic E-state index is 11.5. The minimum atomic E-state index is -0.368. The molecular weight excluding hydrogens is 260 g/mol. The fourth-order valence-electron chi connectivity index (χ4n) is 1.89. The quantitative estimate of drug-likeness (QED) is 0.638. The highest BCUT2D eigenvalue weighted by molar-refractivity contribution is 5.76. The molecule has 0 radical (unpaired) electrons. The molecule has 2 aromatic heterocycles. The van der Waals surface area contributed by atoms with Gasteiger partial charge in [-0.15, -0.1) is 5.10 Å². The molecule has 2 heterocycles. The summed E-state index contributed by atoms with van der Waals surface area (Å²) in [5, 5.41) is 16.3. The summed E-state index contributed by atoms with van der Waals surface area (Å²) >= 11 is 0. The Morgan fingerprint density at radius 2 is 2.30 bits per heavy atom. The minimum Gasteiger partial charge on any atom is -0.369 e. The maximum absolute atomic E-state index is 11.5. The molecule has 1 saturated carbocycles. The van der Waals surface area contributed by atoms with Crippen LogP contribution in [-0.2, 0) is 4.79 Å². The Balaban J connectivity index is 1.48. The summed E-state index contributed by atoms with van der Waals surface area (Å²) in [5.74, 6) is 0.687. The summed E-state index contributed by atoms with van der Waals surface area (Å²) in [7, 11) is 0. The van der Waals surface area contributed by atoms with E-state index < -0.39 is 0 Å². The molecule has 3 N–H and O–H groups in total. The molecule has 3 rings (SSSR count). The predicted molar refractivity (Wildman–Crippen MR) is 72.5 cm³/mol. The highest BCUT2D eigenvalue weighted by Crippen LogP contribution is 2.18. The third-order valence-electron chi connectivity index (χ3n) is 3.10. The number of rotatable bonds is 6. The fourth-order valence-corrected chi connectivity index (χ4v) is 1.89. The molecule has 0 atom stereocenters. The lowest BCUT2D eigenvalue weighted by Gasteiger charge is -2.05. The van der Waals surface area contributed by atoms with Crippen LogP contribution in [0.1, 0.15) is 25.7 Å². The molecule has 0 spiro atoms. The van der Waals surface area contributed by atoms with E-state index in [2.05, 4.69) is 25.9 Å². The van der Waals surface area contributed by atoms with Crippen molar-refractivity contribution in [1.29, 1.82) is 0 Å². The van der Waals surface area contributed by atoms with Gasteiger partial charge in [0.05, 0.1) is 0 Å². The number of fused-ring (bicyclic) bond motifs is 1. The van der Waals surface area contributed by atoms with Crippen molar-refractivity contribution in [2.24, 2.45) is 0 Å². The van der Waals surface area contributed by atoms with E-state index in [1.165, 1.54) is 4.52 Å². The third kappa shape index (κ3) is 2.95. The van der Waals surface area contributed by atoms with E-state index in [1.807, 2.05) is 0 Å². The van der Waals surface area contributed by atoms with Gasteiger partial charge in [-0.05, 0) is 31.4 Å². The molecule has 8 nitrogen and oxygen atoms in total. The number of anilines is 1. The molecule has 1 aliphatic carbocycles. The molecule has 106 valence electrons. The largest absolute Gasteiger partial charge is 0.369 e. The first-order chi connectivity index (χ1) is 9.72. The SMILES string of the molecule is O=C(CCCNc1ccc2n[nH]c(=O)n2n1)NC1CC1. The molecule has 20 heavy (non-hydrogen) atoms. The van der Waals surface area contributed by atoms with Crippen LogP contribution in [0, 0.1) is 0 Å². The molecule has 1 amide bonds. The number of carbonyl (C=O) groups is 1. The van der Waals surface area contributed by atoms with Crippen LogP contribution in [0.5, 0.6) is 0 Å². The number of nitrogens with one attached hydrogen (secondary N) is 3. The molecule has 1 fully saturated rings. The van der Waals surface area contributed by atoms with E-state index >= 15 is 0 Å². The topological polar surface area (TPSA) is 104 Å². The van der Waals surface area contributed by atoms with Gasteiger partial charge >= 0.3 is 5.69 Å². The first-order valence-corrected chi connectivity index (χ1v) is 6.70. The zero-order chi connectivity index (χ0) is 13.9. The number of amides is 1. The Bertz CT molecular complexity index is 672. The number of nitrogens with zero attached hydrogens (tertiary/aromatic N) is 3. The molecule has 0 unspecified atom stereocenters. The number of carbonyl (C=O) groups excluding carboxylic acids is 1. The number of H-pyrrole nitrogens is 1. The van der Waals surface area contributed by atoms with Crippen molar-refractivity contribution < 1.29 is 4.79 Å². The fraction of sp³-hybridized carbons (Fsp3) is 0.500.